The van der Waals surface area contributed by atoms with Gasteiger partial charge in [0, 0.05) is 57.1 Å². The number of ether oxygens (including phenoxy) is 1. The van der Waals surface area contributed by atoms with E-state index in [9.17, 15) is 9.18 Å². The van der Waals surface area contributed by atoms with E-state index >= 15 is 0 Å². The zero-order chi connectivity index (χ0) is 27.0. The fraction of sp³-hybridized carbons (Fsp3) is 0.345. The Morgan fingerprint density at radius 2 is 1.87 bits per heavy atom. The summed E-state index contributed by atoms with van der Waals surface area (Å²) < 4.78 is 29.1. The first-order valence-electron chi connectivity index (χ1n) is 13.2. The van der Waals surface area contributed by atoms with Crippen LogP contribution < -0.4 is 14.5 Å². The molecule has 0 atom stereocenters. The fourth-order valence-electron chi connectivity index (χ4n) is 4.64. The van der Waals surface area contributed by atoms with Crippen LogP contribution in [0.4, 0.5) is 15.2 Å². The molecule has 3 heterocycles. The average molecular weight is 550 g/mol. The van der Waals surface area contributed by atoms with Crippen LogP contribution in [0.25, 0.3) is 0 Å². The number of hydrogen-bond donors (Lipinski definition) is 0. The van der Waals surface area contributed by atoms with E-state index in [0.29, 0.717) is 51.5 Å². The highest BCUT2D eigenvalue weighted by atomic mass is 32.1. The molecule has 0 aliphatic carbocycles. The molecule has 0 unspecified atom stereocenters. The van der Waals surface area contributed by atoms with Gasteiger partial charge in [-0.15, -0.1) is 0 Å². The Kier molecular flexibility index (Phi) is 8.72. The van der Waals surface area contributed by atoms with Gasteiger partial charge in [0.25, 0.3) is 0 Å². The molecule has 4 aromatic rings. The number of piperazine rings is 1. The molecule has 0 N–H and O–H groups in total. The third-order valence-electron chi connectivity index (χ3n) is 6.66. The summed E-state index contributed by atoms with van der Waals surface area (Å²) in [6.07, 6.45) is 2.52. The summed E-state index contributed by atoms with van der Waals surface area (Å²) >= 11 is 1.30. The van der Waals surface area contributed by atoms with Crippen molar-refractivity contribution in [3.63, 3.8) is 0 Å². The van der Waals surface area contributed by atoms with Gasteiger partial charge in [-0.25, -0.2) is 9.37 Å². The molecule has 0 saturated carbocycles. The minimum Gasteiger partial charge on any atom is -0.492 e. The fourth-order valence-corrected chi connectivity index (χ4v) is 5.35. The molecule has 1 amide bonds. The van der Waals surface area contributed by atoms with Gasteiger partial charge in [0.1, 0.15) is 23.2 Å². The Bertz CT molecular complexity index is 1340. The first-order chi connectivity index (χ1) is 19.1. The molecule has 0 radical (unpaired) electrons. The zero-order valence-electron chi connectivity index (χ0n) is 22.0. The van der Waals surface area contributed by atoms with Gasteiger partial charge in [0.2, 0.25) is 11.0 Å². The van der Waals surface area contributed by atoms with Crippen LogP contribution in [0.5, 0.6) is 5.75 Å². The van der Waals surface area contributed by atoms with E-state index in [2.05, 4.69) is 15.3 Å². The number of furan rings is 1. The molecule has 39 heavy (non-hydrogen) atoms. The second-order valence-corrected chi connectivity index (χ2v) is 10.0. The van der Waals surface area contributed by atoms with Crippen LogP contribution in [-0.4, -0.2) is 59.5 Å². The van der Waals surface area contributed by atoms with E-state index in [1.165, 1.54) is 23.7 Å². The Morgan fingerprint density at radius 1 is 1.08 bits per heavy atom. The number of nitrogens with zero attached hydrogens (tertiary/aromatic N) is 5. The van der Waals surface area contributed by atoms with Crippen molar-refractivity contribution >= 4 is 28.3 Å². The van der Waals surface area contributed by atoms with E-state index in [0.717, 1.165) is 41.0 Å². The first kappa shape index (κ1) is 26.7. The van der Waals surface area contributed by atoms with E-state index in [4.69, 9.17) is 14.1 Å². The molecule has 204 valence electrons. The topological polar surface area (TPSA) is 74.9 Å². The van der Waals surface area contributed by atoms with Crippen LogP contribution >= 0.6 is 11.5 Å². The predicted octanol–water partition coefficient (Wildman–Crippen LogP) is 5.01. The van der Waals surface area contributed by atoms with Crippen molar-refractivity contribution in [1.29, 1.82) is 0 Å². The van der Waals surface area contributed by atoms with Crippen molar-refractivity contribution in [2.24, 2.45) is 0 Å². The lowest BCUT2D eigenvalue weighted by atomic mass is 10.1. The molecular formula is C29H32FN5O3S. The van der Waals surface area contributed by atoms with E-state index in [1.807, 2.05) is 47.1 Å². The number of aromatic nitrogens is 2. The lowest BCUT2D eigenvalue weighted by molar-refractivity contribution is -0.131. The van der Waals surface area contributed by atoms with Gasteiger partial charge in [-0.1, -0.05) is 24.3 Å². The first-order valence-corrected chi connectivity index (χ1v) is 14.0. The summed E-state index contributed by atoms with van der Waals surface area (Å²) in [6, 6.07) is 18.2. The molecule has 1 aliphatic rings. The van der Waals surface area contributed by atoms with Crippen LogP contribution in [0.15, 0.2) is 71.3 Å². The van der Waals surface area contributed by atoms with Crippen LogP contribution in [-0.2, 0) is 17.8 Å². The average Bonchev–Trinajstić information content (AvgIpc) is 3.65. The van der Waals surface area contributed by atoms with Gasteiger partial charge in [-0.3, -0.25) is 4.79 Å². The monoisotopic (exact) mass is 549 g/mol. The third-order valence-corrected chi connectivity index (χ3v) is 7.48. The highest BCUT2D eigenvalue weighted by Crippen LogP contribution is 2.29. The van der Waals surface area contributed by atoms with Crippen LogP contribution in [0, 0.1) is 5.82 Å². The SMILES string of the molecule is CCOc1ccccc1N1CCN(C(=O)CCN(Cc2ccco2)c2nc(Cc3ccc(F)cc3)ns2)CC1. The number of para-hydroxylation sites is 2. The summed E-state index contributed by atoms with van der Waals surface area (Å²) in [6.45, 7) is 6.44. The van der Waals surface area contributed by atoms with E-state index < -0.39 is 0 Å². The summed E-state index contributed by atoms with van der Waals surface area (Å²) in [5.41, 5.74) is 2.01. The number of carbonyl (C=O) groups is 1. The largest absolute Gasteiger partial charge is 0.492 e. The molecule has 0 spiro atoms. The van der Waals surface area contributed by atoms with Gasteiger partial charge < -0.3 is 23.9 Å². The number of halogens is 1. The van der Waals surface area contributed by atoms with Crippen molar-refractivity contribution < 1.29 is 18.3 Å². The van der Waals surface area contributed by atoms with Crippen molar-refractivity contribution in [3.8, 4) is 5.75 Å². The van der Waals surface area contributed by atoms with Crippen molar-refractivity contribution in [2.75, 3.05) is 49.1 Å². The van der Waals surface area contributed by atoms with Crippen molar-refractivity contribution in [3.05, 3.63) is 89.9 Å². The maximum Gasteiger partial charge on any atom is 0.224 e. The lowest BCUT2D eigenvalue weighted by Gasteiger charge is -2.37. The second-order valence-electron chi connectivity index (χ2n) is 9.32. The van der Waals surface area contributed by atoms with Gasteiger partial charge in [0.15, 0.2) is 0 Å². The Hall–Kier alpha value is -3.92. The minimum atomic E-state index is -0.267. The normalized spacial score (nSPS) is 13.5. The van der Waals surface area contributed by atoms with Gasteiger partial charge in [0.05, 0.1) is 25.1 Å². The third kappa shape index (κ3) is 6.94. The number of benzene rings is 2. The summed E-state index contributed by atoms with van der Waals surface area (Å²) in [5, 5.41) is 0.730. The molecule has 1 fully saturated rings. The maximum atomic E-state index is 13.3. The summed E-state index contributed by atoms with van der Waals surface area (Å²) in [4.78, 5) is 24.2. The molecule has 0 bridgehead atoms. The van der Waals surface area contributed by atoms with E-state index in [1.54, 1.807) is 18.4 Å². The number of hydrogen-bond acceptors (Lipinski definition) is 8. The molecule has 1 saturated heterocycles. The smallest absolute Gasteiger partial charge is 0.224 e. The Balaban J connectivity index is 1.19. The standard InChI is InChI=1S/C29H32FN5O3S/c1-2-37-26-8-4-3-7-25(26)33-15-17-34(18-16-33)28(36)13-14-35(21-24-6-5-19-38-24)29-31-27(32-39-29)20-22-9-11-23(30)12-10-22/h3-12,19H,2,13-18,20-21H2,1H3. The highest BCUT2D eigenvalue weighted by Gasteiger charge is 2.24. The number of anilines is 2. The van der Waals surface area contributed by atoms with Crippen LogP contribution in [0.1, 0.15) is 30.5 Å². The molecule has 10 heteroatoms. The number of carbonyl (C=O) groups excluding carboxylic acids is 1. The Morgan fingerprint density at radius 3 is 2.62 bits per heavy atom. The number of amides is 1. The molecular weight excluding hydrogens is 517 g/mol. The summed E-state index contributed by atoms with van der Waals surface area (Å²) in [7, 11) is 0. The number of rotatable bonds is 11. The van der Waals surface area contributed by atoms with Gasteiger partial charge in [-0.05, 0) is 48.9 Å². The maximum absolute atomic E-state index is 13.3. The van der Waals surface area contributed by atoms with Gasteiger partial charge in [-0.2, -0.15) is 4.37 Å². The molecule has 5 rings (SSSR count). The van der Waals surface area contributed by atoms with Crippen LogP contribution in [0.3, 0.4) is 0 Å². The van der Waals surface area contributed by atoms with E-state index in [-0.39, 0.29) is 11.7 Å². The second kappa shape index (κ2) is 12.8. The van der Waals surface area contributed by atoms with Crippen molar-refractivity contribution in [1.82, 2.24) is 14.3 Å². The molecule has 8 nitrogen and oxygen atoms in total. The quantitative estimate of drug-likeness (QED) is 0.261. The lowest BCUT2D eigenvalue weighted by Crippen LogP contribution is -2.49. The van der Waals surface area contributed by atoms with Crippen LogP contribution in [0.2, 0.25) is 0 Å². The molecule has 1 aliphatic heterocycles. The Labute approximate surface area is 231 Å². The van der Waals surface area contributed by atoms with Gasteiger partial charge >= 0.3 is 0 Å². The highest BCUT2D eigenvalue weighted by molar-refractivity contribution is 7.09. The summed E-state index contributed by atoms with van der Waals surface area (Å²) in [5.74, 6) is 2.19. The molecule has 2 aromatic heterocycles. The molecule has 2 aromatic carbocycles. The van der Waals surface area contributed by atoms with Crippen molar-refractivity contribution in [2.45, 2.75) is 26.3 Å². The predicted molar refractivity (Wildman–Crippen MR) is 150 cm³/mol. The zero-order valence-corrected chi connectivity index (χ0v) is 22.8. The minimum absolute atomic E-state index is 0.119.